The maximum atomic E-state index is 11.9. The molecule has 1 heterocycles. The average Bonchev–Trinajstić information content (AvgIpc) is 3.04. The van der Waals surface area contributed by atoms with Gasteiger partial charge in [-0.25, -0.2) is 4.79 Å². The van der Waals surface area contributed by atoms with Gasteiger partial charge in [-0.2, -0.15) is 0 Å². The van der Waals surface area contributed by atoms with E-state index in [1.807, 2.05) is 6.07 Å². The molecule has 7 nitrogen and oxygen atoms in total. The first-order chi connectivity index (χ1) is 12.5. The van der Waals surface area contributed by atoms with Crippen molar-refractivity contribution in [3.8, 4) is 0 Å². The van der Waals surface area contributed by atoms with E-state index in [-0.39, 0.29) is 24.8 Å². The van der Waals surface area contributed by atoms with E-state index >= 15 is 0 Å². The Morgan fingerprint density at radius 3 is 2.54 bits per heavy atom. The zero-order valence-electron chi connectivity index (χ0n) is 14.8. The lowest BCUT2D eigenvalue weighted by Gasteiger charge is -2.06. The zero-order valence-corrected chi connectivity index (χ0v) is 14.8. The van der Waals surface area contributed by atoms with Crippen molar-refractivity contribution in [1.29, 1.82) is 0 Å². The summed E-state index contributed by atoms with van der Waals surface area (Å²) in [6, 6.07) is 10.5. The molecule has 2 N–H and O–H groups in total. The zero-order chi connectivity index (χ0) is 18.9. The van der Waals surface area contributed by atoms with Crippen molar-refractivity contribution in [2.24, 2.45) is 0 Å². The van der Waals surface area contributed by atoms with Crippen LogP contribution in [0.4, 0.5) is 0 Å². The largest absolute Gasteiger partial charge is 0.465 e. The molecule has 0 fully saturated rings. The minimum absolute atomic E-state index is 0.160. The number of furan rings is 1. The summed E-state index contributed by atoms with van der Waals surface area (Å²) in [6.07, 6.45) is 0.799. The Hall–Kier alpha value is -3.09. The number of hydrogen-bond donors (Lipinski definition) is 2. The second kappa shape index (κ2) is 9.41. The van der Waals surface area contributed by atoms with Gasteiger partial charge in [0.2, 0.25) is 5.91 Å². The Kier molecular flexibility index (Phi) is 6.96. The molecule has 0 unspecified atom stereocenters. The van der Waals surface area contributed by atoms with Crippen LogP contribution >= 0.6 is 0 Å². The highest BCUT2D eigenvalue weighted by Crippen LogP contribution is 2.15. The van der Waals surface area contributed by atoms with Crippen LogP contribution in [0.5, 0.6) is 0 Å². The molecule has 0 saturated heterocycles. The molecule has 138 valence electrons. The van der Waals surface area contributed by atoms with Gasteiger partial charge in [-0.1, -0.05) is 18.2 Å². The first-order valence-electron chi connectivity index (χ1n) is 8.29. The second-order valence-corrected chi connectivity index (χ2v) is 5.68. The summed E-state index contributed by atoms with van der Waals surface area (Å²) < 4.78 is 10.1. The maximum Gasteiger partial charge on any atom is 0.341 e. The van der Waals surface area contributed by atoms with Crippen LogP contribution in [-0.4, -0.2) is 31.4 Å². The number of carbonyl (C=O) groups is 3. The summed E-state index contributed by atoms with van der Waals surface area (Å²) in [5, 5.41) is 5.49. The molecule has 1 aromatic carbocycles. The third-order valence-electron chi connectivity index (χ3n) is 3.74. The molecular weight excluding hydrogens is 336 g/mol. The molecule has 0 aliphatic heterocycles. The van der Waals surface area contributed by atoms with Gasteiger partial charge in [-0.15, -0.1) is 0 Å². The molecule has 2 amide bonds. The smallest absolute Gasteiger partial charge is 0.341 e. The number of benzene rings is 1. The van der Waals surface area contributed by atoms with Gasteiger partial charge in [0.05, 0.1) is 13.7 Å². The lowest BCUT2D eigenvalue weighted by atomic mass is 10.2. The first kappa shape index (κ1) is 19.2. The molecule has 2 aromatic rings. The third kappa shape index (κ3) is 5.47. The summed E-state index contributed by atoms with van der Waals surface area (Å²) in [5.41, 5.74) is 0.937. The first-order valence-corrected chi connectivity index (χ1v) is 8.29. The molecule has 0 saturated carbocycles. The Bertz CT molecular complexity index is 767. The maximum absolute atomic E-state index is 11.9. The number of rotatable bonds is 8. The van der Waals surface area contributed by atoms with E-state index in [9.17, 15) is 14.4 Å². The summed E-state index contributed by atoms with van der Waals surface area (Å²) in [6.45, 7) is 2.26. The Morgan fingerprint density at radius 1 is 1.12 bits per heavy atom. The summed E-state index contributed by atoms with van der Waals surface area (Å²) in [7, 11) is 1.30. The van der Waals surface area contributed by atoms with Crippen LogP contribution in [0.15, 0.2) is 40.8 Å². The quantitative estimate of drug-likeness (QED) is 0.557. The van der Waals surface area contributed by atoms with Crippen molar-refractivity contribution in [1.82, 2.24) is 10.6 Å². The van der Waals surface area contributed by atoms with Gasteiger partial charge in [0.25, 0.3) is 5.91 Å². The van der Waals surface area contributed by atoms with E-state index in [0.717, 1.165) is 0 Å². The lowest BCUT2D eigenvalue weighted by Crippen LogP contribution is -2.27. The SMILES string of the molecule is COC(=O)c1cc(CNC(=O)CCCNC(=O)c2ccccc2)oc1C. The van der Waals surface area contributed by atoms with Gasteiger partial charge >= 0.3 is 5.97 Å². The number of nitrogens with one attached hydrogen (secondary N) is 2. The van der Waals surface area contributed by atoms with Gasteiger partial charge in [0.1, 0.15) is 17.1 Å². The van der Waals surface area contributed by atoms with Gasteiger partial charge in [0.15, 0.2) is 0 Å². The van der Waals surface area contributed by atoms with Crippen LogP contribution < -0.4 is 10.6 Å². The minimum Gasteiger partial charge on any atom is -0.465 e. The van der Waals surface area contributed by atoms with Crippen molar-refractivity contribution in [3.63, 3.8) is 0 Å². The number of aryl methyl sites for hydroxylation is 1. The van der Waals surface area contributed by atoms with Gasteiger partial charge in [-0.05, 0) is 31.5 Å². The van der Waals surface area contributed by atoms with Gasteiger partial charge < -0.3 is 19.8 Å². The third-order valence-corrected chi connectivity index (χ3v) is 3.74. The Labute approximate surface area is 151 Å². The molecular formula is C19H22N2O5. The fourth-order valence-electron chi connectivity index (χ4n) is 2.36. The monoisotopic (exact) mass is 358 g/mol. The summed E-state index contributed by atoms with van der Waals surface area (Å²) in [5.74, 6) is 0.136. The molecule has 2 rings (SSSR count). The molecule has 0 radical (unpaired) electrons. The van der Waals surface area contributed by atoms with E-state index in [1.165, 1.54) is 7.11 Å². The summed E-state index contributed by atoms with van der Waals surface area (Å²) in [4.78, 5) is 35.2. The van der Waals surface area contributed by atoms with E-state index in [1.54, 1.807) is 37.3 Å². The van der Waals surface area contributed by atoms with E-state index in [2.05, 4.69) is 15.4 Å². The number of amides is 2. The number of carbonyl (C=O) groups excluding carboxylic acids is 3. The summed E-state index contributed by atoms with van der Waals surface area (Å²) >= 11 is 0. The lowest BCUT2D eigenvalue weighted by molar-refractivity contribution is -0.121. The predicted molar refractivity (Wildman–Crippen MR) is 94.6 cm³/mol. The molecule has 26 heavy (non-hydrogen) atoms. The predicted octanol–water partition coefficient (Wildman–Crippen LogP) is 2.20. The minimum atomic E-state index is -0.474. The molecule has 7 heteroatoms. The van der Waals surface area contributed by atoms with Crippen molar-refractivity contribution in [2.45, 2.75) is 26.3 Å². The number of esters is 1. The van der Waals surface area contributed by atoms with Crippen LogP contribution in [0.25, 0.3) is 0 Å². The topological polar surface area (TPSA) is 97.6 Å². The number of ether oxygens (including phenoxy) is 1. The molecule has 1 aromatic heterocycles. The highest BCUT2D eigenvalue weighted by atomic mass is 16.5. The fourth-order valence-corrected chi connectivity index (χ4v) is 2.36. The normalized spacial score (nSPS) is 10.2. The van der Waals surface area contributed by atoms with Crippen molar-refractivity contribution in [2.75, 3.05) is 13.7 Å². The van der Waals surface area contributed by atoms with E-state index < -0.39 is 5.97 Å². The highest BCUT2D eigenvalue weighted by molar-refractivity contribution is 5.94. The van der Waals surface area contributed by atoms with Crippen molar-refractivity contribution < 1.29 is 23.5 Å². The van der Waals surface area contributed by atoms with Crippen molar-refractivity contribution >= 4 is 17.8 Å². The molecule has 0 aliphatic carbocycles. The molecule has 0 bridgehead atoms. The van der Waals surface area contributed by atoms with Crippen LogP contribution in [-0.2, 0) is 16.1 Å². The highest BCUT2D eigenvalue weighted by Gasteiger charge is 2.15. The number of hydrogen-bond acceptors (Lipinski definition) is 5. The van der Waals surface area contributed by atoms with Crippen molar-refractivity contribution in [3.05, 3.63) is 59.0 Å². The fraction of sp³-hybridized carbons (Fsp3) is 0.316. The van der Waals surface area contributed by atoms with Crippen LogP contribution in [0, 0.1) is 6.92 Å². The molecule has 0 spiro atoms. The van der Waals surface area contributed by atoms with Gasteiger partial charge in [0, 0.05) is 18.5 Å². The van der Waals surface area contributed by atoms with Crippen LogP contribution in [0.1, 0.15) is 45.1 Å². The van der Waals surface area contributed by atoms with Gasteiger partial charge in [-0.3, -0.25) is 9.59 Å². The van der Waals surface area contributed by atoms with Crippen LogP contribution in [0.2, 0.25) is 0 Å². The number of methoxy groups -OCH3 is 1. The Balaban J connectivity index is 1.68. The van der Waals surface area contributed by atoms with E-state index in [0.29, 0.717) is 35.6 Å². The molecule has 0 aliphatic rings. The van der Waals surface area contributed by atoms with Crippen LogP contribution in [0.3, 0.4) is 0 Å². The Morgan fingerprint density at radius 2 is 1.85 bits per heavy atom. The standard InChI is InChI=1S/C19H22N2O5/c1-13-16(19(24)25-2)11-15(26-13)12-21-17(22)9-6-10-20-18(23)14-7-4-3-5-8-14/h3-5,7-8,11H,6,9-10,12H2,1-2H3,(H,20,23)(H,21,22). The second-order valence-electron chi connectivity index (χ2n) is 5.68. The molecule has 0 atom stereocenters. The average molecular weight is 358 g/mol. The van der Waals surface area contributed by atoms with E-state index in [4.69, 9.17) is 4.42 Å².